The Hall–Kier alpha value is -1.63. The number of rotatable bonds is 3. The molecule has 0 aromatic heterocycles. The number of likely N-dealkylation sites (tertiary alicyclic amines) is 1. The van der Waals surface area contributed by atoms with Crippen LogP contribution in [0.1, 0.15) is 34.1 Å². The highest BCUT2D eigenvalue weighted by atomic mass is 16.3. The summed E-state index contributed by atoms with van der Waals surface area (Å²) in [5, 5.41) is 12.2. The maximum atomic E-state index is 12.3. The first-order valence-electron chi connectivity index (χ1n) is 6.63. The molecule has 0 bridgehead atoms. The van der Waals surface area contributed by atoms with E-state index in [1.54, 1.807) is 27.7 Å². The Morgan fingerprint density at radius 1 is 1.35 bits per heavy atom. The zero-order valence-corrected chi connectivity index (χ0v) is 12.3. The molecule has 1 saturated heterocycles. The van der Waals surface area contributed by atoms with Crippen molar-refractivity contribution in [2.75, 3.05) is 6.54 Å². The monoisotopic (exact) mass is 285 g/mol. The fourth-order valence-corrected chi connectivity index (χ4v) is 2.05. The van der Waals surface area contributed by atoms with E-state index < -0.39 is 35.4 Å². The molecule has 1 aliphatic rings. The van der Waals surface area contributed by atoms with Gasteiger partial charge in [0.1, 0.15) is 12.1 Å². The summed E-state index contributed by atoms with van der Waals surface area (Å²) in [6, 6.07) is -1.58. The van der Waals surface area contributed by atoms with Gasteiger partial charge in [0.2, 0.25) is 17.7 Å². The van der Waals surface area contributed by atoms with E-state index in [1.165, 1.54) is 4.90 Å². The van der Waals surface area contributed by atoms with Crippen molar-refractivity contribution in [1.82, 2.24) is 10.2 Å². The molecule has 0 aromatic rings. The van der Waals surface area contributed by atoms with Gasteiger partial charge in [0.15, 0.2) is 0 Å². The van der Waals surface area contributed by atoms with Crippen LogP contribution in [-0.2, 0) is 14.4 Å². The molecule has 0 saturated carbocycles. The Labute approximate surface area is 118 Å². The molecule has 0 aromatic carbocycles. The van der Waals surface area contributed by atoms with E-state index in [9.17, 15) is 19.5 Å². The molecule has 4 N–H and O–H groups in total. The zero-order valence-electron chi connectivity index (χ0n) is 12.3. The van der Waals surface area contributed by atoms with Gasteiger partial charge < -0.3 is 21.1 Å². The number of aliphatic hydroxyl groups is 1. The van der Waals surface area contributed by atoms with E-state index in [4.69, 9.17) is 5.73 Å². The van der Waals surface area contributed by atoms with E-state index >= 15 is 0 Å². The SMILES string of the molecule is C[C@H](NC(=O)C(C)(C)C)C(=O)N1C[C@@H](O)C[C@H]1C(N)=O. The predicted octanol–water partition coefficient (Wildman–Crippen LogP) is -1.02. The average Bonchev–Trinajstić information content (AvgIpc) is 2.69. The maximum Gasteiger partial charge on any atom is 0.245 e. The standard InChI is InChI=1S/C13H23N3O4/c1-7(15-12(20)13(2,3)4)11(19)16-6-8(17)5-9(16)10(14)18/h7-9,17H,5-6H2,1-4H3,(H2,14,18)(H,15,20)/t7-,8-,9-/m0/s1. The summed E-state index contributed by atoms with van der Waals surface area (Å²) in [4.78, 5) is 36.6. The van der Waals surface area contributed by atoms with Crippen LogP contribution >= 0.6 is 0 Å². The quantitative estimate of drug-likeness (QED) is 0.616. The molecule has 3 amide bonds. The third-order valence-electron chi connectivity index (χ3n) is 3.29. The Bertz CT molecular complexity index is 416. The maximum absolute atomic E-state index is 12.3. The van der Waals surface area contributed by atoms with Crippen molar-refractivity contribution in [3.8, 4) is 0 Å². The molecule has 7 nitrogen and oxygen atoms in total. The fourth-order valence-electron chi connectivity index (χ4n) is 2.05. The van der Waals surface area contributed by atoms with Gasteiger partial charge in [-0.2, -0.15) is 0 Å². The number of amides is 3. The third kappa shape index (κ3) is 3.69. The molecule has 20 heavy (non-hydrogen) atoms. The number of aliphatic hydroxyl groups excluding tert-OH is 1. The molecule has 0 spiro atoms. The number of nitrogens with one attached hydrogen (secondary N) is 1. The first-order valence-corrected chi connectivity index (χ1v) is 6.63. The molecule has 1 fully saturated rings. The lowest BCUT2D eigenvalue weighted by Gasteiger charge is -2.27. The summed E-state index contributed by atoms with van der Waals surface area (Å²) in [5.74, 6) is -1.32. The van der Waals surface area contributed by atoms with Gasteiger partial charge in [0.25, 0.3) is 0 Å². The van der Waals surface area contributed by atoms with Crippen molar-refractivity contribution in [2.45, 2.75) is 52.3 Å². The zero-order chi connectivity index (χ0) is 15.7. The van der Waals surface area contributed by atoms with E-state index in [0.29, 0.717) is 0 Å². The van der Waals surface area contributed by atoms with Crippen molar-refractivity contribution >= 4 is 17.7 Å². The number of primary amides is 1. The van der Waals surface area contributed by atoms with Crippen LogP contribution in [0.15, 0.2) is 0 Å². The van der Waals surface area contributed by atoms with E-state index in [-0.39, 0.29) is 18.9 Å². The normalized spacial score (nSPS) is 24.4. The van der Waals surface area contributed by atoms with Crippen LogP contribution in [0.3, 0.4) is 0 Å². The number of nitrogens with two attached hydrogens (primary N) is 1. The summed E-state index contributed by atoms with van der Waals surface area (Å²) in [6.45, 7) is 6.83. The second-order valence-corrected chi connectivity index (χ2v) is 6.24. The second kappa shape index (κ2) is 5.78. The summed E-state index contributed by atoms with van der Waals surface area (Å²) in [7, 11) is 0. The van der Waals surface area contributed by atoms with Crippen molar-refractivity contribution in [3.63, 3.8) is 0 Å². The molecule has 0 aliphatic carbocycles. The average molecular weight is 285 g/mol. The molecular formula is C13H23N3O4. The smallest absolute Gasteiger partial charge is 0.245 e. The number of hydrogen-bond acceptors (Lipinski definition) is 4. The van der Waals surface area contributed by atoms with Crippen molar-refractivity contribution in [1.29, 1.82) is 0 Å². The van der Waals surface area contributed by atoms with E-state index in [2.05, 4.69) is 5.32 Å². The van der Waals surface area contributed by atoms with Gasteiger partial charge in [0, 0.05) is 18.4 Å². The van der Waals surface area contributed by atoms with Crippen molar-refractivity contribution < 1.29 is 19.5 Å². The van der Waals surface area contributed by atoms with Crippen LogP contribution < -0.4 is 11.1 Å². The number of hydrogen-bond donors (Lipinski definition) is 3. The number of carbonyl (C=O) groups is 3. The minimum absolute atomic E-state index is 0.0577. The van der Waals surface area contributed by atoms with Gasteiger partial charge >= 0.3 is 0 Å². The molecule has 1 heterocycles. The molecule has 1 aliphatic heterocycles. The van der Waals surface area contributed by atoms with E-state index in [0.717, 1.165) is 0 Å². The van der Waals surface area contributed by atoms with Crippen LogP contribution in [-0.4, -0.2) is 52.5 Å². The van der Waals surface area contributed by atoms with Gasteiger partial charge in [-0.15, -0.1) is 0 Å². The summed E-state index contributed by atoms with van der Waals surface area (Å²) in [5.41, 5.74) is 4.62. The lowest BCUT2D eigenvalue weighted by molar-refractivity contribution is -0.141. The first-order chi connectivity index (χ1) is 9.04. The summed E-state index contributed by atoms with van der Waals surface area (Å²) in [6.07, 6.45) is -0.622. The van der Waals surface area contributed by atoms with Crippen LogP contribution in [0.25, 0.3) is 0 Å². The highest BCUT2D eigenvalue weighted by Crippen LogP contribution is 2.19. The summed E-state index contributed by atoms with van der Waals surface area (Å²) < 4.78 is 0. The topological polar surface area (TPSA) is 113 Å². The van der Waals surface area contributed by atoms with Crippen LogP contribution in [0.5, 0.6) is 0 Å². The lowest BCUT2D eigenvalue weighted by atomic mass is 9.95. The van der Waals surface area contributed by atoms with Gasteiger partial charge in [-0.1, -0.05) is 20.8 Å². The van der Waals surface area contributed by atoms with Crippen LogP contribution in [0.4, 0.5) is 0 Å². The molecule has 0 radical (unpaired) electrons. The largest absolute Gasteiger partial charge is 0.391 e. The second-order valence-electron chi connectivity index (χ2n) is 6.24. The third-order valence-corrected chi connectivity index (χ3v) is 3.29. The minimum atomic E-state index is -0.813. The van der Waals surface area contributed by atoms with Gasteiger partial charge in [-0.05, 0) is 6.92 Å². The highest BCUT2D eigenvalue weighted by Gasteiger charge is 2.39. The Morgan fingerprint density at radius 2 is 1.90 bits per heavy atom. The molecular weight excluding hydrogens is 262 g/mol. The highest BCUT2D eigenvalue weighted by molar-refractivity contribution is 5.92. The summed E-state index contributed by atoms with van der Waals surface area (Å²) >= 11 is 0. The van der Waals surface area contributed by atoms with Gasteiger partial charge in [-0.25, -0.2) is 0 Å². The molecule has 1 rings (SSSR count). The van der Waals surface area contributed by atoms with Crippen LogP contribution in [0.2, 0.25) is 0 Å². The molecule has 114 valence electrons. The molecule has 7 heteroatoms. The van der Waals surface area contributed by atoms with Crippen LogP contribution in [0, 0.1) is 5.41 Å². The van der Waals surface area contributed by atoms with E-state index in [1.807, 2.05) is 0 Å². The number of β-amino-alcohol motifs (C(OH)–C–C–N with tert-alkyl or cyclic N) is 1. The fraction of sp³-hybridized carbons (Fsp3) is 0.769. The number of nitrogens with zero attached hydrogens (tertiary/aromatic N) is 1. The molecule has 0 unspecified atom stereocenters. The molecule has 3 atom stereocenters. The number of carbonyl (C=O) groups excluding carboxylic acids is 3. The first kappa shape index (κ1) is 16.4. The van der Waals surface area contributed by atoms with Gasteiger partial charge in [0.05, 0.1) is 6.10 Å². The predicted molar refractivity (Wildman–Crippen MR) is 72.4 cm³/mol. The Kier molecular flexibility index (Phi) is 4.75. The Morgan fingerprint density at radius 3 is 2.35 bits per heavy atom. The van der Waals surface area contributed by atoms with Crippen molar-refractivity contribution in [3.05, 3.63) is 0 Å². The Balaban J connectivity index is 2.74. The lowest BCUT2D eigenvalue weighted by Crippen LogP contribution is -2.53. The minimum Gasteiger partial charge on any atom is -0.391 e. The van der Waals surface area contributed by atoms with Crippen molar-refractivity contribution in [2.24, 2.45) is 11.1 Å². The van der Waals surface area contributed by atoms with Gasteiger partial charge in [-0.3, -0.25) is 14.4 Å².